The molecule has 9 heavy (non-hydrogen) atoms. The summed E-state index contributed by atoms with van der Waals surface area (Å²) in [5, 5.41) is 0. The van der Waals surface area contributed by atoms with E-state index in [0.29, 0.717) is 0 Å². The highest BCUT2D eigenvalue weighted by atomic mass is 28.3. The van der Waals surface area contributed by atoms with E-state index in [2.05, 4.69) is 31.1 Å². The van der Waals surface area contributed by atoms with Crippen molar-refractivity contribution in [3.8, 4) is 11.5 Å². The van der Waals surface area contributed by atoms with Gasteiger partial charge in [0.2, 0.25) is 0 Å². The lowest BCUT2D eigenvalue weighted by molar-refractivity contribution is 0.445. The van der Waals surface area contributed by atoms with Gasteiger partial charge in [-0.05, 0) is 0 Å². The molecule has 1 aliphatic heterocycles. The van der Waals surface area contributed by atoms with Crippen LogP contribution in [0, 0.1) is 11.5 Å². The predicted octanol–water partition coefficient (Wildman–Crippen LogP) is 1.27. The Bertz CT molecular complexity index is 154. The molecule has 0 radical (unpaired) electrons. The first-order valence-corrected chi connectivity index (χ1v) is 6.72. The van der Waals surface area contributed by atoms with Gasteiger partial charge in [0, 0.05) is 0 Å². The van der Waals surface area contributed by atoms with Crippen molar-refractivity contribution in [2.75, 3.05) is 6.61 Å². The lowest BCUT2D eigenvalue weighted by atomic mass is 10.5. The third-order valence-electron chi connectivity index (χ3n) is 0.941. The zero-order valence-corrected chi connectivity index (χ0v) is 7.19. The van der Waals surface area contributed by atoms with Crippen molar-refractivity contribution < 1.29 is 4.74 Å². The quantitative estimate of drug-likeness (QED) is 0.280. The van der Waals surface area contributed by atoms with E-state index in [-0.39, 0.29) is 6.10 Å². The second-order valence-electron chi connectivity index (χ2n) is 3.34. The van der Waals surface area contributed by atoms with E-state index >= 15 is 0 Å². The maximum absolute atomic E-state index is 4.95. The third-order valence-corrected chi connectivity index (χ3v) is 1.84. The molecular formula is C7H12OSi. The largest absolute Gasteiger partial charge is 0.359 e. The van der Waals surface area contributed by atoms with Gasteiger partial charge in [0.25, 0.3) is 0 Å². The van der Waals surface area contributed by atoms with Crippen LogP contribution in [0.4, 0.5) is 0 Å². The Hall–Kier alpha value is -0.263. The molecule has 1 rings (SSSR count). The van der Waals surface area contributed by atoms with Gasteiger partial charge in [-0.2, -0.15) is 0 Å². The number of rotatable bonds is 0. The van der Waals surface area contributed by atoms with Crippen LogP contribution in [0.25, 0.3) is 0 Å². The third kappa shape index (κ3) is 3.34. The summed E-state index contributed by atoms with van der Waals surface area (Å²) in [5.74, 6) is 3.09. The van der Waals surface area contributed by atoms with Crippen LogP contribution < -0.4 is 0 Å². The normalized spacial score (nSPS) is 24.6. The molecule has 0 aliphatic carbocycles. The van der Waals surface area contributed by atoms with Gasteiger partial charge >= 0.3 is 0 Å². The Kier molecular flexibility index (Phi) is 1.65. The molecule has 0 N–H and O–H groups in total. The van der Waals surface area contributed by atoms with Crippen LogP contribution in [0.3, 0.4) is 0 Å². The Morgan fingerprint density at radius 2 is 2.00 bits per heavy atom. The number of hydrogen-bond donors (Lipinski definition) is 0. The van der Waals surface area contributed by atoms with Gasteiger partial charge in [-0.15, -0.1) is 5.54 Å². The minimum Gasteiger partial charge on any atom is -0.359 e. The summed E-state index contributed by atoms with van der Waals surface area (Å²) in [7, 11) is -1.12. The van der Waals surface area contributed by atoms with Crippen LogP contribution in [-0.4, -0.2) is 20.8 Å². The zero-order chi connectivity index (χ0) is 6.91. The smallest absolute Gasteiger partial charge is 0.141 e. The zero-order valence-electron chi connectivity index (χ0n) is 6.19. The molecule has 2 heteroatoms. The molecule has 0 saturated carbocycles. The summed E-state index contributed by atoms with van der Waals surface area (Å²) in [5.41, 5.74) is 3.25. The van der Waals surface area contributed by atoms with E-state index in [9.17, 15) is 0 Å². The number of ether oxygens (including phenoxy) is 1. The van der Waals surface area contributed by atoms with Crippen LogP contribution in [0.5, 0.6) is 0 Å². The summed E-state index contributed by atoms with van der Waals surface area (Å²) in [4.78, 5) is 0. The fourth-order valence-corrected chi connectivity index (χ4v) is 1.02. The second-order valence-corrected chi connectivity index (χ2v) is 8.09. The molecule has 0 bridgehead atoms. The molecule has 50 valence electrons. The topological polar surface area (TPSA) is 12.5 Å². The first-order chi connectivity index (χ1) is 4.08. The molecule has 1 nitrogen and oxygen atoms in total. The van der Waals surface area contributed by atoms with Crippen molar-refractivity contribution in [3.05, 3.63) is 0 Å². The molecule has 1 aliphatic rings. The molecule has 0 aromatic heterocycles. The van der Waals surface area contributed by atoms with Crippen LogP contribution in [0.15, 0.2) is 0 Å². The Morgan fingerprint density at radius 3 is 2.33 bits per heavy atom. The second kappa shape index (κ2) is 2.16. The standard InChI is InChI=1S/C7H12OSi/c1-9(2,3)5-4-7-6-8-7/h7H,6H2,1-3H3/t7-/m1/s1. The van der Waals surface area contributed by atoms with Crippen LogP contribution in [0.2, 0.25) is 19.6 Å². The molecular weight excluding hydrogens is 128 g/mol. The summed E-state index contributed by atoms with van der Waals surface area (Å²) < 4.78 is 4.95. The summed E-state index contributed by atoms with van der Waals surface area (Å²) in [6, 6.07) is 0. The Balaban J connectivity index is 2.39. The van der Waals surface area contributed by atoms with E-state index in [1.165, 1.54) is 0 Å². The van der Waals surface area contributed by atoms with Gasteiger partial charge in [0.1, 0.15) is 14.2 Å². The minimum atomic E-state index is -1.12. The van der Waals surface area contributed by atoms with E-state index in [1.54, 1.807) is 0 Å². The van der Waals surface area contributed by atoms with Gasteiger partial charge < -0.3 is 4.74 Å². The molecule has 1 atom stereocenters. The molecule has 0 unspecified atom stereocenters. The first kappa shape index (κ1) is 6.85. The number of hydrogen-bond acceptors (Lipinski definition) is 1. The van der Waals surface area contributed by atoms with E-state index < -0.39 is 8.07 Å². The molecule has 0 aromatic carbocycles. The highest BCUT2D eigenvalue weighted by Gasteiger charge is 2.19. The highest BCUT2D eigenvalue weighted by molar-refractivity contribution is 6.83. The maximum atomic E-state index is 4.95. The van der Waals surface area contributed by atoms with E-state index in [1.807, 2.05) is 0 Å². The molecule has 0 aromatic rings. The Labute approximate surface area is 57.4 Å². The van der Waals surface area contributed by atoms with E-state index in [0.717, 1.165) is 6.61 Å². The average molecular weight is 140 g/mol. The van der Waals surface area contributed by atoms with Crippen molar-refractivity contribution in [3.63, 3.8) is 0 Å². The summed E-state index contributed by atoms with van der Waals surface area (Å²) in [6.45, 7) is 7.57. The van der Waals surface area contributed by atoms with Crippen molar-refractivity contribution in [2.24, 2.45) is 0 Å². The summed E-state index contributed by atoms with van der Waals surface area (Å²) >= 11 is 0. The van der Waals surface area contributed by atoms with Crippen LogP contribution in [-0.2, 0) is 4.74 Å². The Morgan fingerprint density at radius 1 is 1.44 bits per heavy atom. The monoisotopic (exact) mass is 140 g/mol. The SMILES string of the molecule is C[Si](C)(C)C#C[C@@H]1CO1. The predicted molar refractivity (Wildman–Crippen MR) is 40.9 cm³/mol. The molecule has 1 heterocycles. The van der Waals surface area contributed by atoms with Crippen LogP contribution >= 0.6 is 0 Å². The van der Waals surface area contributed by atoms with Gasteiger partial charge in [-0.3, -0.25) is 0 Å². The van der Waals surface area contributed by atoms with Gasteiger partial charge in [-0.25, -0.2) is 0 Å². The summed E-state index contributed by atoms with van der Waals surface area (Å²) in [6.07, 6.45) is 0.289. The fourth-order valence-electron chi connectivity index (χ4n) is 0.428. The van der Waals surface area contributed by atoms with E-state index in [4.69, 9.17) is 4.74 Å². The first-order valence-electron chi connectivity index (χ1n) is 3.22. The van der Waals surface area contributed by atoms with Gasteiger partial charge in [0.15, 0.2) is 0 Å². The fraction of sp³-hybridized carbons (Fsp3) is 0.714. The highest BCUT2D eigenvalue weighted by Crippen LogP contribution is 2.07. The van der Waals surface area contributed by atoms with Crippen molar-refractivity contribution in [2.45, 2.75) is 25.7 Å². The molecule has 0 amide bonds. The lowest BCUT2D eigenvalue weighted by Gasteiger charge is -2.02. The van der Waals surface area contributed by atoms with Crippen LogP contribution in [0.1, 0.15) is 0 Å². The number of epoxide rings is 1. The van der Waals surface area contributed by atoms with Crippen molar-refractivity contribution in [1.82, 2.24) is 0 Å². The lowest BCUT2D eigenvalue weighted by Crippen LogP contribution is -2.16. The molecule has 1 fully saturated rings. The van der Waals surface area contributed by atoms with Gasteiger partial charge in [0.05, 0.1) is 6.61 Å². The van der Waals surface area contributed by atoms with Gasteiger partial charge in [-0.1, -0.05) is 25.6 Å². The van der Waals surface area contributed by atoms with Crippen molar-refractivity contribution >= 4 is 8.07 Å². The minimum absolute atomic E-state index is 0.289. The molecule has 1 saturated heterocycles. The van der Waals surface area contributed by atoms with Crippen molar-refractivity contribution in [1.29, 1.82) is 0 Å². The maximum Gasteiger partial charge on any atom is 0.141 e. The average Bonchev–Trinajstić information content (AvgIpc) is 2.38. The molecule has 0 spiro atoms.